The maximum absolute atomic E-state index is 13.0. The molecule has 0 saturated heterocycles. The molecule has 6 nitrogen and oxygen atoms in total. The van der Waals surface area contributed by atoms with Gasteiger partial charge in [0, 0.05) is 18.2 Å². The first-order chi connectivity index (χ1) is 13.7. The number of benzene rings is 2. The molecule has 0 unspecified atom stereocenters. The molecule has 0 N–H and O–H groups in total. The summed E-state index contributed by atoms with van der Waals surface area (Å²) in [7, 11) is 3.20. The molecule has 3 rings (SSSR count). The van der Waals surface area contributed by atoms with Crippen LogP contribution in [-0.2, 0) is 6.54 Å². The summed E-state index contributed by atoms with van der Waals surface area (Å²) in [6, 6.07) is 16.6. The number of carbonyl (C=O) groups is 1. The average molecular weight is 380 g/mol. The normalized spacial score (nSPS) is 10.5. The summed E-state index contributed by atoms with van der Waals surface area (Å²) >= 11 is 0. The molecule has 1 aromatic heterocycles. The van der Waals surface area contributed by atoms with E-state index >= 15 is 0 Å². The number of hydrogen-bond donors (Lipinski definition) is 0. The van der Waals surface area contributed by atoms with Crippen molar-refractivity contribution in [1.29, 1.82) is 0 Å². The molecule has 28 heavy (non-hydrogen) atoms. The van der Waals surface area contributed by atoms with Crippen LogP contribution in [0.15, 0.2) is 59.1 Å². The lowest BCUT2D eigenvalue weighted by Crippen LogP contribution is -2.31. The molecule has 0 bridgehead atoms. The van der Waals surface area contributed by atoms with E-state index in [1.165, 1.54) is 0 Å². The van der Waals surface area contributed by atoms with E-state index in [0.717, 1.165) is 12.0 Å². The molecule has 2 aromatic carbocycles. The van der Waals surface area contributed by atoms with Crippen molar-refractivity contribution in [2.75, 3.05) is 20.8 Å². The number of para-hydroxylation sites is 1. The van der Waals surface area contributed by atoms with E-state index in [2.05, 4.69) is 5.16 Å². The summed E-state index contributed by atoms with van der Waals surface area (Å²) in [5.74, 6) is 1.91. The van der Waals surface area contributed by atoms with E-state index in [1.807, 2.05) is 49.4 Å². The zero-order valence-electron chi connectivity index (χ0n) is 16.3. The largest absolute Gasteiger partial charge is 0.497 e. The number of rotatable bonds is 8. The van der Waals surface area contributed by atoms with Crippen molar-refractivity contribution in [3.63, 3.8) is 0 Å². The molecule has 1 heterocycles. The summed E-state index contributed by atoms with van der Waals surface area (Å²) in [6.45, 7) is 3.02. The Balaban J connectivity index is 1.81. The molecule has 0 radical (unpaired) electrons. The Morgan fingerprint density at radius 1 is 1.07 bits per heavy atom. The lowest BCUT2D eigenvalue weighted by atomic mass is 10.1. The molecule has 0 aliphatic rings. The van der Waals surface area contributed by atoms with Crippen molar-refractivity contribution in [3.8, 4) is 22.8 Å². The van der Waals surface area contributed by atoms with E-state index < -0.39 is 0 Å². The number of ether oxygens (including phenoxy) is 2. The van der Waals surface area contributed by atoms with Gasteiger partial charge in [-0.05, 0) is 36.8 Å². The molecule has 0 fully saturated rings. The standard InChI is InChI=1S/C22H24N2O4/c1-4-12-24(22(25)16-8-7-9-18(13-16)26-2)15-17-14-21(28-23-17)19-10-5-6-11-20(19)27-3/h5-11,13-14H,4,12,15H2,1-3H3. The fourth-order valence-electron chi connectivity index (χ4n) is 3.02. The molecule has 0 aliphatic heterocycles. The lowest BCUT2D eigenvalue weighted by Gasteiger charge is -2.21. The minimum Gasteiger partial charge on any atom is -0.497 e. The number of methoxy groups -OCH3 is 2. The summed E-state index contributed by atoms with van der Waals surface area (Å²) < 4.78 is 16.1. The molecule has 0 aliphatic carbocycles. The highest BCUT2D eigenvalue weighted by molar-refractivity contribution is 5.94. The second kappa shape index (κ2) is 9.08. The maximum Gasteiger partial charge on any atom is 0.254 e. The van der Waals surface area contributed by atoms with Gasteiger partial charge in [0.25, 0.3) is 5.91 Å². The van der Waals surface area contributed by atoms with Crippen LogP contribution in [-0.4, -0.2) is 36.7 Å². The minimum atomic E-state index is -0.0670. The van der Waals surface area contributed by atoms with Gasteiger partial charge < -0.3 is 18.9 Å². The highest BCUT2D eigenvalue weighted by Gasteiger charge is 2.19. The SMILES string of the molecule is CCCN(Cc1cc(-c2ccccc2OC)on1)C(=O)c1cccc(OC)c1. The van der Waals surface area contributed by atoms with E-state index in [4.69, 9.17) is 14.0 Å². The zero-order chi connectivity index (χ0) is 19.9. The van der Waals surface area contributed by atoms with Gasteiger partial charge in [-0.15, -0.1) is 0 Å². The Morgan fingerprint density at radius 3 is 2.64 bits per heavy atom. The molecule has 6 heteroatoms. The molecule has 1 amide bonds. The van der Waals surface area contributed by atoms with Crippen LogP contribution < -0.4 is 9.47 Å². The van der Waals surface area contributed by atoms with Gasteiger partial charge in [-0.2, -0.15) is 0 Å². The van der Waals surface area contributed by atoms with Gasteiger partial charge in [0.2, 0.25) is 0 Å². The number of amides is 1. The topological polar surface area (TPSA) is 64.8 Å². The quantitative estimate of drug-likeness (QED) is 0.579. The number of nitrogens with zero attached hydrogens (tertiary/aromatic N) is 2. The third kappa shape index (κ3) is 4.34. The van der Waals surface area contributed by atoms with Crippen LogP contribution in [0.1, 0.15) is 29.4 Å². The summed E-state index contributed by atoms with van der Waals surface area (Å²) in [4.78, 5) is 14.7. The second-order valence-corrected chi connectivity index (χ2v) is 6.34. The summed E-state index contributed by atoms with van der Waals surface area (Å²) in [6.07, 6.45) is 0.840. The Morgan fingerprint density at radius 2 is 1.89 bits per heavy atom. The second-order valence-electron chi connectivity index (χ2n) is 6.34. The highest BCUT2D eigenvalue weighted by Crippen LogP contribution is 2.30. The third-order valence-corrected chi connectivity index (χ3v) is 4.38. The predicted molar refractivity (Wildman–Crippen MR) is 107 cm³/mol. The predicted octanol–water partition coefficient (Wildman–Crippen LogP) is 4.41. The van der Waals surface area contributed by atoms with Gasteiger partial charge in [0.05, 0.1) is 26.3 Å². The van der Waals surface area contributed by atoms with Crippen LogP contribution >= 0.6 is 0 Å². The van der Waals surface area contributed by atoms with Gasteiger partial charge in [0.15, 0.2) is 5.76 Å². The summed E-state index contributed by atoms with van der Waals surface area (Å²) in [5.41, 5.74) is 2.09. The summed E-state index contributed by atoms with van der Waals surface area (Å²) in [5, 5.41) is 4.15. The maximum atomic E-state index is 13.0. The van der Waals surface area contributed by atoms with Gasteiger partial charge in [0.1, 0.15) is 17.2 Å². The molecule has 3 aromatic rings. The van der Waals surface area contributed by atoms with Crippen LogP contribution in [0.5, 0.6) is 11.5 Å². The van der Waals surface area contributed by atoms with Crippen molar-refractivity contribution < 1.29 is 18.8 Å². The Bertz CT molecular complexity index is 936. The molecular formula is C22H24N2O4. The van der Waals surface area contributed by atoms with Crippen LogP contribution in [0, 0.1) is 0 Å². The number of carbonyl (C=O) groups excluding carboxylic acids is 1. The highest BCUT2D eigenvalue weighted by atomic mass is 16.5. The van der Waals surface area contributed by atoms with E-state index in [1.54, 1.807) is 31.3 Å². The fraction of sp³-hybridized carbons (Fsp3) is 0.273. The monoisotopic (exact) mass is 380 g/mol. The molecular weight excluding hydrogens is 356 g/mol. The first-order valence-electron chi connectivity index (χ1n) is 9.18. The third-order valence-electron chi connectivity index (χ3n) is 4.38. The molecule has 146 valence electrons. The van der Waals surface area contributed by atoms with Crippen LogP contribution in [0.4, 0.5) is 0 Å². The van der Waals surface area contributed by atoms with Crippen LogP contribution in [0.25, 0.3) is 11.3 Å². The van der Waals surface area contributed by atoms with Crippen LogP contribution in [0.2, 0.25) is 0 Å². The number of hydrogen-bond acceptors (Lipinski definition) is 5. The molecule has 0 spiro atoms. The zero-order valence-corrected chi connectivity index (χ0v) is 16.3. The van der Waals surface area contributed by atoms with Gasteiger partial charge >= 0.3 is 0 Å². The first-order valence-corrected chi connectivity index (χ1v) is 9.18. The Kier molecular flexibility index (Phi) is 6.32. The van der Waals surface area contributed by atoms with Gasteiger partial charge in [-0.25, -0.2) is 0 Å². The van der Waals surface area contributed by atoms with E-state index in [9.17, 15) is 4.79 Å². The van der Waals surface area contributed by atoms with Crippen molar-refractivity contribution in [2.45, 2.75) is 19.9 Å². The lowest BCUT2D eigenvalue weighted by molar-refractivity contribution is 0.0739. The first kappa shape index (κ1) is 19.5. The van der Waals surface area contributed by atoms with Crippen molar-refractivity contribution in [3.05, 3.63) is 65.9 Å². The van der Waals surface area contributed by atoms with Gasteiger partial charge in [-0.1, -0.05) is 30.3 Å². The fourth-order valence-corrected chi connectivity index (χ4v) is 3.02. The van der Waals surface area contributed by atoms with E-state index in [-0.39, 0.29) is 5.91 Å². The van der Waals surface area contributed by atoms with Crippen molar-refractivity contribution >= 4 is 5.91 Å². The molecule has 0 saturated carbocycles. The minimum absolute atomic E-state index is 0.0670. The van der Waals surface area contributed by atoms with E-state index in [0.29, 0.717) is 41.6 Å². The molecule has 0 atom stereocenters. The average Bonchev–Trinajstić information content (AvgIpc) is 3.21. The van der Waals surface area contributed by atoms with Crippen molar-refractivity contribution in [2.24, 2.45) is 0 Å². The van der Waals surface area contributed by atoms with Crippen LogP contribution in [0.3, 0.4) is 0 Å². The smallest absolute Gasteiger partial charge is 0.254 e. The number of aromatic nitrogens is 1. The van der Waals surface area contributed by atoms with Gasteiger partial charge in [-0.3, -0.25) is 4.79 Å². The van der Waals surface area contributed by atoms with Crippen molar-refractivity contribution in [1.82, 2.24) is 10.1 Å². The Labute approximate surface area is 164 Å². The Hall–Kier alpha value is -3.28.